The Morgan fingerprint density at radius 3 is 2.15 bits per heavy atom. The Morgan fingerprint density at radius 1 is 1.06 bits per heavy atom. The predicted octanol–water partition coefficient (Wildman–Crippen LogP) is 6.00. The van der Waals surface area contributed by atoms with Gasteiger partial charge in [0.15, 0.2) is 0 Å². The Bertz CT molecular complexity index is 822. The van der Waals surface area contributed by atoms with Crippen LogP contribution < -0.4 is 10.4 Å². The molecule has 1 heterocycles. The lowest BCUT2D eigenvalue weighted by atomic mass is 10.0. The maximum atomic E-state index is 10.3. The van der Waals surface area contributed by atoms with E-state index >= 15 is 0 Å². The van der Waals surface area contributed by atoms with E-state index in [1.807, 2.05) is 0 Å². The van der Waals surface area contributed by atoms with E-state index in [2.05, 4.69) is 94.9 Å². The van der Waals surface area contributed by atoms with Crippen LogP contribution in [0.15, 0.2) is 73.3 Å². The summed E-state index contributed by atoms with van der Waals surface area (Å²) in [5.74, 6) is 0. The van der Waals surface area contributed by atoms with Gasteiger partial charge >= 0.3 is 0 Å². The molecule has 2 aromatic carbocycles. The van der Waals surface area contributed by atoms with E-state index in [-0.39, 0.29) is 29.5 Å². The summed E-state index contributed by atoms with van der Waals surface area (Å²) in [6.45, 7) is 13.0. The van der Waals surface area contributed by atoms with E-state index in [0.29, 0.717) is 12.8 Å². The van der Waals surface area contributed by atoms with Gasteiger partial charge in [0.25, 0.3) is 8.32 Å². The molecular weight excluding hydrogens is 436 g/mol. The molecule has 4 heteroatoms. The highest BCUT2D eigenvalue weighted by Crippen LogP contribution is 2.40. The van der Waals surface area contributed by atoms with Crippen LogP contribution in [-0.2, 0) is 9.16 Å². The van der Waals surface area contributed by atoms with Gasteiger partial charge in [0.1, 0.15) is 0 Å². The van der Waals surface area contributed by atoms with E-state index in [0.717, 1.165) is 32.1 Å². The maximum Gasteiger partial charge on any atom is 0.261 e. The number of benzene rings is 2. The van der Waals surface area contributed by atoms with Gasteiger partial charge in [-0.25, -0.2) is 0 Å². The second kappa shape index (κ2) is 12.3. The Morgan fingerprint density at radius 2 is 1.65 bits per heavy atom. The van der Waals surface area contributed by atoms with Crippen LogP contribution in [-0.4, -0.2) is 37.8 Å². The molecule has 4 atom stereocenters. The maximum absolute atomic E-state index is 10.3. The highest BCUT2D eigenvalue weighted by atomic mass is 28.4. The molecule has 1 N–H and O–H groups in total. The van der Waals surface area contributed by atoms with Gasteiger partial charge in [-0.3, -0.25) is 0 Å². The van der Waals surface area contributed by atoms with Crippen molar-refractivity contribution in [3.05, 3.63) is 73.3 Å². The van der Waals surface area contributed by atoms with Crippen molar-refractivity contribution in [2.24, 2.45) is 0 Å². The minimum atomic E-state index is -2.64. The van der Waals surface area contributed by atoms with Gasteiger partial charge in [-0.05, 0) is 47.5 Å². The van der Waals surface area contributed by atoms with Crippen LogP contribution in [0.3, 0.4) is 0 Å². The van der Waals surface area contributed by atoms with Crippen molar-refractivity contribution >= 4 is 18.7 Å². The Balaban J connectivity index is 1.97. The third kappa shape index (κ3) is 6.28. The first kappa shape index (κ1) is 26.9. The highest BCUT2D eigenvalue weighted by Gasteiger charge is 2.52. The molecule has 34 heavy (non-hydrogen) atoms. The zero-order valence-corrected chi connectivity index (χ0v) is 22.6. The second-order valence-corrected chi connectivity index (χ2v) is 15.0. The van der Waals surface area contributed by atoms with E-state index in [1.165, 1.54) is 10.4 Å². The van der Waals surface area contributed by atoms with Gasteiger partial charge < -0.3 is 14.3 Å². The first-order chi connectivity index (χ1) is 16.3. The highest BCUT2D eigenvalue weighted by molar-refractivity contribution is 6.99. The number of ether oxygens (including phenoxy) is 1. The average Bonchev–Trinajstić information content (AvgIpc) is 3.28. The summed E-state index contributed by atoms with van der Waals surface area (Å²) in [6, 6.07) is 21.7. The van der Waals surface area contributed by atoms with Crippen molar-refractivity contribution in [3.8, 4) is 0 Å². The summed E-state index contributed by atoms with van der Waals surface area (Å²) in [6.07, 6.45) is 8.08. The molecule has 0 aromatic heterocycles. The summed E-state index contributed by atoms with van der Waals surface area (Å²) in [5, 5.41) is 12.9. The fourth-order valence-electron chi connectivity index (χ4n) is 5.42. The molecule has 0 unspecified atom stereocenters. The first-order valence-electron chi connectivity index (χ1n) is 13.0. The van der Waals surface area contributed by atoms with E-state index in [1.54, 1.807) is 6.08 Å². The lowest BCUT2D eigenvalue weighted by Gasteiger charge is -2.46. The van der Waals surface area contributed by atoms with Crippen molar-refractivity contribution in [3.63, 3.8) is 0 Å². The molecule has 3 nitrogen and oxygen atoms in total. The van der Waals surface area contributed by atoms with Gasteiger partial charge in [0.2, 0.25) is 0 Å². The number of aliphatic hydroxyl groups excluding tert-OH is 1. The number of hydrogen-bond donors (Lipinski definition) is 1. The van der Waals surface area contributed by atoms with Crippen molar-refractivity contribution in [1.82, 2.24) is 0 Å². The quantitative estimate of drug-likeness (QED) is 0.299. The van der Waals surface area contributed by atoms with E-state index in [9.17, 15) is 5.11 Å². The lowest BCUT2D eigenvalue weighted by molar-refractivity contribution is -0.0435. The molecular formula is C30H44O3Si. The topological polar surface area (TPSA) is 38.7 Å². The molecule has 186 valence electrons. The van der Waals surface area contributed by atoms with Gasteiger partial charge in [-0.15, -0.1) is 6.58 Å². The van der Waals surface area contributed by atoms with Crippen LogP contribution >= 0.6 is 0 Å². The summed E-state index contributed by atoms with van der Waals surface area (Å²) in [7, 11) is -2.64. The molecule has 0 radical (unpaired) electrons. The van der Waals surface area contributed by atoms with Gasteiger partial charge in [0.05, 0.1) is 24.4 Å². The zero-order chi connectivity index (χ0) is 24.6. The van der Waals surface area contributed by atoms with Gasteiger partial charge in [-0.1, -0.05) is 107 Å². The number of unbranched alkanes of at least 4 members (excludes halogenated alkanes) is 1. The van der Waals surface area contributed by atoms with Crippen molar-refractivity contribution in [2.45, 2.75) is 102 Å². The minimum Gasteiger partial charge on any atom is -0.402 e. The number of aliphatic hydroxyl groups is 1. The zero-order valence-electron chi connectivity index (χ0n) is 21.6. The van der Waals surface area contributed by atoms with Crippen LogP contribution in [0.25, 0.3) is 0 Å². The standard InChI is InChI=1S/C30H44O3Si/c1-6-8-20-29(28-22-21-25(32-28)23-24(31)15-7-2)33-34(30(3,4)5,26-16-11-9-12-17-26)27-18-13-10-14-19-27/h7,9-14,16-19,24-25,28-29,31H,2,6,8,15,20-23H2,1,3-5H3/t24-,25-,28-,29-/m1/s1. The summed E-state index contributed by atoms with van der Waals surface area (Å²) < 4.78 is 14.1. The summed E-state index contributed by atoms with van der Waals surface area (Å²) in [4.78, 5) is 0. The molecule has 2 aromatic rings. The lowest BCUT2D eigenvalue weighted by Crippen LogP contribution is -2.68. The average molecular weight is 481 g/mol. The second-order valence-electron chi connectivity index (χ2n) is 10.7. The molecule has 0 bridgehead atoms. The van der Waals surface area contributed by atoms with Crippen molar-refractivity contribution in [1.29, 1.82) is 0 Å². The normalized spacial score (nSPS) is 20.7. The van der Waals surface area contributed by atoms with Crippen LogP contribution in [0.4, 0.5) is 0 Å². The molecule has 3 rings (SSSR count). The van der Waals surface area contributed by atoms with Crippen LogP contribution in [0, 0.1) is 0 Å². The van der Waals surface area contributed by atoms with Crippen molar-refractivity contribution < 1.29 is 14.3 Å². The fraction of sp³-hybridized carbons (Fsp3) is 0.533. The molecule has 1 fully saturated rings. The Kier molecular flexibility index (Phi) is 9.72. The van der Waals surface area contributed by atoms with Crippen LogP contribution in [0.1, 0.15) is 72.6 Å². The van der Waals surface area contributed by atoms with Crippen LogP contribution in [0.2, 0.25) is 5.04 Å². The minimum absolute atomic E-state index is 0.0350. The number of hydrogen-bond acceptors (Lipinski definition) is 3. The fourth-order valence-corrected chi connectivity index (χ4v) is 10.2. The molecule has 0 aliphatic carbocycles. The SMILES string of the molecule is C=CC[C@@H](O)C[C@H]1CC[C@H]([C@@H](CCCC)O[Si](c2ccccc2)(c2ccccc2)C(C)(C)C)O1. The first-order valence-corrected chi connectivity index (χ1v) is 15.0. The summed E-state index contributed by atoms with van der Waals surface area (Å²) in [5.41, 5.74) is 0. The smallest absolute Gasteiger partial charge is 0.261 e. The monoisotopic (exact) mass is 480 g/mol. The molecule has 1 aliphatic rings. The Labute approximate surface area is 208 Å². The molecule has 0 spiro atoms. The van der Waals surface area contributed by atoms with Crippen molar-refractivity contribution in [2.75, 3.05) is 0 Å². The van der Waals surface area contributed by atoms with Gasteiger partial charge in [-0.2, -0.15) is 0 Å². The van der Waals surface area contributed by atoms with Gasteiger partial charge in [0, 0.05) is 0 Å². The molecule has 0 amide bonds. The third-order valence-electron chi connectivity index (χ3n) is 7.12. The Hall–Kier alpha value is -1.72. The molecule has 1 aliphatic heterocycles. The molecule has 0 saturated carbocycles. The molecule has 1 saturated heterocycles. The largest absolute Gasteiger partial charge is 0.402 e. The summed E-state index contributed by atoms with van der Waals surface area (Å²) >= 11 is 0. The van der Waals surface area contributed by atoms with E-state index in [4.69, 9.17) is 9.16 Å². The van der Waals surface area contributed by atoms with Crippen LogP contribution in [0.5, 0.6) is 0 Å². The third-order valence-corrected chi connectivity index (χ3v) is 12.2. The van der Waals surface area contributed by atoms with E-state index < -0.39 is 8.32 Å². The predicted molar refractivity (Wildman–Crippen MR) is 145 cm³/mol. The number of rotatable bonds is 12.